The lowest BCUT2D eigenvalue weighted by molar-refractivity contribution is 0.219. The van der Waals surface area contributed by atoms with Crippen molar-refractivity contribution in [3.05, 3.63) is 34.4 Å². The summed E-state index contributed by atoms with van der Waals surface area (Å²) < 4.78 is 31.8. The van der Waals surface area contributed by atoms with Gasteiger partial charge < -0.3 is 10.5 Å². The van der Waals surface area contributed by atoms with Crippen molar-refractivity contribution in [2.45, 2.75) is 18.2 Å². The van der Waals surface area contributed by atoms with Crippen molar-refractivity contribution in [3.8, 4) is 0 Å². The van der Waals surface area contributed by atoms with Crippen molar-refractivity contribution in [2.75, 3.05) is 32.5 Å². The molecule has 0 saturated carbocycles. The number of rotatable bonds is 4. The maximum atomic E-state index is 12.6. The van der Waals surface area contributed by atoms with E-state index in [1.54, 1.807) is 20.1 Å². The lowest BCUT2D eigenvalue weighted by Crippen LogP contribution is -2.35. The molecule has 0 unspecified atom stereocenters. The van der Waals surface area contributed by atoms with Gasteiger partial charge in [0.2, 0.25) is 10.0 Å². The molecule has 0 fully saturated rings. The molecule has 1 aromatic carbocycles. The fourth-order valence-electron chi connectivity index (χ4n) is 2.29. The van der Waals surface area contributed by atoms with Gasteiger partial charge >= 0.3 is 0 Å². The molecule has 5 nitrogen and oxygen atoms in total. The van der Waals surface area contributed by atoms with Gasteiger partial charge in [-0.05, 0) is 36.6 Å². The number of aryl methyl sites for hydroxylation is 1. The summed E-state index contributed by atoms with van der Waals surface area (Å²) in [5.41, 5.74) is 7.82. The molecule has 21 heavy (non-hydrogen) atoms. The van der Waals surface area contributed by atoms with Crippen LogP contribution in [0.15, 0.2) is 28.7 Å². The van der Waals surface area contributed by atoms with Gasteiger partial charge in [-0.2, -0.15) is 4.31 Å². The lowest BCUT2D eigenvalue weighted by Gasteiger charge is -2.26. The normalized spacial score (nSPS) is 16.8. The minimum Gasteiger partial charge on any atom is -0.397 e. The quantitative estimate of drug-likeness (QED) is 0.678. The maximum Gasteiger partial charge on any atom is 0.243 e. The fourth-order valence-corrected chi connectivity index (χ4v) is 3.90. The Morgan fingerprint density at radius 1 is 1.43 bits per heavy atom. The first-order chi connectivity index (χ1) is 9.86. The highest BCUT2D eigenvalue weighted by molar-refractivity contribution is 7.89. The first-order valence-electron chi connectivity index (χ1n) is 6.59. The number of hydrogen-bond acceptors (Lipinski definition) is 4. The number of sulfonamides is 1. The van der Waals surface area contributed by atoms with E-state index in [1.807, 2.05) is 6.08 Å². The number of hydrogen-bond donors (Lipinski definition) is 1. The number of halogens is 1. The van der Waals surface area contributed by atoms with E-state index in [0.717, 1.165) is 5.57 Å². The van der Waals surface area contributed by atoms with Crippen LogP contribution >= 0.6 is 11.6 Å². The minimum atomic E-state index is -3.55. The van der Waals surface area contributed by atoms with Gasteiger partial charge in [-0.25, -0.2) is 8.42 Å². The molecule has 0 radical (unpaired) electrons. The molecule has 0 aliphatic carbocycles. The second-order valence-electron chi connectivity index (χ2n) is 5.05. The molecule has 0 spiro atoms. The van der Waals surface area contributed by atoms with Crippen LogP contribution in [0.5, 0.6) is 0 Å². The Bertz CT molecular complexity index is 648. The van der Waals surface area contributed by atoms with Gasteiger partial charge in [0.1, 0.15) is 0 Å². The molecule has 0 saturated heterocycles. The lowest BCUT2D eigenvalue weighted by atomic mass is 10.1. The first kappa shape index (κ1) is 16.3. The van der Waals surface area contributed by atoms with E-state index in [-0.39, 0.29) is 10.6 Å². The predicted molar refractivity (Wildman–Crippen MR) is 83.9 cm³/mol. The number of nitrogens with zero attached hydrogens (tertiary/aromatic N) is 1. The zero-order valence-electron chi connectivity index (χ0n) is 12.1. The van der Waals surface area contributed by atoms with Crippen LogP contribution in [0.2, 0.25) is 5.02 Å². The van der Waals surface area contributed by atoms with Gasteiger partial charge in [0.15, 0.2) is 0 Å². The summed E-state index contributed by atoms with van der Waals surface area (Å²) in [5.74, 6) is 0. The molecule has 2 rings (SSSR count). The van der Waals surface area contributed by atoms with Gasteiger partial charge in [-0.3, -0.25) is 0 Å². The topological polar surface area (TPSA) is 72.6 Å². The second-order valence-corrected chi connectivity index (χ2v) is 7.37. The van der Waals surface area contributed by atoms with E-state index in [0.29, 0.717) is 36.7 Å². The van der Waals surface area contributed by atoms with Crippen molar-refractivity contribution >= 4 is 27.3 Å². The Balaban J connectivity index is 2.28. The zero-order valence-corrected chi connectivity index (χ0v) is 13.7. The molecule has 116 valence electrons. The Labute approximate surface area is 130 Å². The molecule has 1 aliphatic heterocycles. The number of nitrogen functional groups attached to an aromatic ring is 1. The third kappa shape index (κ3) is 3.40. The number of nitrogens with two attached hydrogens (primary N) is 1. The summed E-state index contributed by atoms with van der Waals surface area (Å²) in [7, 11) is -1.92. The second kappa shape index (κ2) is 6.36. The van der Waals surface area contributed by atoms with Gasteiger partial charge in [0.25, 0.3) is 0 Å². The molecule has 1 heterocycles. The van der Waals surface area contributed by atoms with E-state index in [9.17, 15) is 8.42 Å². The maximum absolute atomic E-state index is 12.6. The highest BCUT2D eigenvalue weighted by Crippen LogP contribution is 2.29. The largest absolute Gasteiger partial charge is 0.397 e. The van der Waals surface area contributed by atoms with Crippen LogP contribution in [-0.4, -0.2) is 39.5 Å². The van der Waals surface area contributed by atoms with E-state index < -0.39 is 10.0 Å². The van der Waals surface area contributed by atoms with Crippen LogP contribution in [0.4, 0.5) is 5.69 Å². The van der Waals surface area contributed by atoms with E-state index in [2.05, 4.69) is 0 Å². The molecule has 7 heteroatoms. The van der Waals surface area contributed by atoms with Crippen molar-refractivity contribution in [1.29, 1.82) is 0 Å². The van der Waals surface area contributed by atoms with Gasteiger partial charge in [-0.15, -0.1) is 0 Å². The van der Waals surface area contributed by atoms with Gasteiger partial charge in [0, 0.05) is 20.2 Å². The van der Waals surface area contributed by atoms with E-state index >= 15 is 0 Å². The highest BCUT2D eigenvalue weighted by Gasteiger charge is 2.27. The summed E-state index contributed by atoms with van der Waals surface area (Å²) in [4.78, 5) is 0.186. The van der Waals surface area contributed by atoms with Crippen LogP contribution in [0.1, 0.15) is 12.0 Å². The molecule has 1 aromatic rings. The standard InChI is InChI=1S/C14H19ClN2O3S/c1-10-7-12(8-13(16)14(10)15)21(18,19)17-5-3-11(4-6-17)9-20-2/h3,7-8H,4-6,9,16H2,1-2H3. The van der Waals surface area contributed by atoms with Gasteiger partial charge in [0.05, 0.1) is 22.2 Å². The molecule has 2 N–H and O–H groups in total. The third-order valence-corrected chi connectivity index (χ3v) is 5.85. The SMILES string of the molecule is COCC1=CCN(S(=O)(=O)c2cc(C)c(Cl)c(N)c2)CC1. The molecule has 0 aromatic heterocycles. The van der Waals surface area contributed by atoms with Crippen LogP contribution in [0.3, 0.4) is 0 Å². The minimum absolute atomic E-state index is 0.186. The fraction of sp³-hybridized carbons (Fsp3) is 0.429. The Kier molecular flexibility index (Phi) is 4.93. The van der Waals surface area contributed by atoms with Crippen molar-refractivity contribution < 1.29 is 13.2 Å². The highest BCUT2D eigenvalue weighted by atomic mass is 35.5. The first-order valence-corrected chi connectivity index (χ1v) is 8.40. The average molecular weight is 331 g/mol. The Morgan fingerprint density at radius 2 is 2.14 bits per heavy atom. The molecular weight excluding hydrogens is 312 g/mol. The monoisotopic (exact) mass is 330 g/mol. The number of benzene rings is 1. The smallest absolute Gasteiger partial charge is 0.243 e. The molecule has 0 atom stereocenters. The van der Waals surface area contributed by atoms with Crippen LogP contribution < -0.4 is 5.73 Å². The summed E-state index contributed by atoms with van der Waals surface area (Å²) in [6.45, 7) is 3.08. The van der Waals surface area contributed by atoms with E-state index in [1.165, 1.54) is 10.4 Å². The molecular formula is C14H19ClN2O3S. The van der Waals surface area contributed by atoms with Crippen LogP contribution in [-0.2, 0) is 14.8 Å². The number of anilines is 1. The summed E-state index contributed by atoms with van der Waals surface area (Å²) in [5, 5.41) is 0.398. The van der Waals surface area contributed by atoms with Crippen molar-refractivity contribution in [2.24, 2.45) is 0 Å². The molecule has 0 bridgehead atoms. The summed E-state index contributed by atoms with van der Waals surface area (Å²) in [6, 6.07) is 2.97. The van der Waals surface area contributed by atoms with Crippen LogP contribution in [0.25, 0.3) is 0 Å². The Hall–Kier alpha value is -1.08. The Morgan fingerprint density at radius 3 is 2.67 bits per heavy atom. The molecule has 1 aliphatic rings. The summed E-state index contributed by atoms with van der Waals surface area (Å²) >= 11 is 5.98. The number of ether oxygens (including phenoxy) is 1. The molecule has 0 amide bonds. The zero-order chi connectivity index (χ0) is 15.6. The van der Waals surface area contributed by atoms with Crippen molar-refractivity contribution in [1.82, 2.24) is 4.31 Å². The van der Waals surface area contributed by atoms with Crippen molar-refractivity contribution in [3.63, 3.8) is 0 Å². The average Bonchev–Trinajstić information content (AvgIpc) is 2.45. The summed E-state index contributed by atoms with van der Waals surface area (Å²) in [6.07, 6.45) is 2.58. The predicted octanol–water partition coefficient (Wildman–Crippen LogP) is 2.20. The number of methoxy groups -OCH3 is 1. The van der Waals surface area contributed by atoms with Gasteiger partial charge in [-0.1, -0.05) is 17.7 Å². The van der Waals surface area contributed by atoms with Crippen LogP contribution in [0, 0.1) is 6.92 Å². The van der Waals surface area contributed by atoms with E-state index in [4.69, 9.17) is 22.1 Å². The third-order valence-electron chi connectivity index (χ3n) is 3.49.